The number of amides is 1. The number of benzene rings is 2. The van der Waals surface area contributed by atoms with Gasteiger partial charge >= 0.3 is 6.09 Å². The summed E-state index contributed by atoms with van der Waals surface area (Å²) in [4.78, 5) is 17.0. The van der Waals surface area contributed by atoms with Crippen LogP contribution in [0.3, 0.4) is 0 Å². The maximum atomic E-state index is 12.6. The van der Waals surface area contributed by atoms with Crippen LogP contribution in [-0.2, 0) is 9.16 Å². The van der Waals surface area contributed by atoms with Crippen LogP contribution >= 0.6 is 0 Å². The predicted molar refractivity (Wildman–Crippen MR) is 135 cm³/mol. The molecule has 1 aromatic heterocycles. The van der Waals surface area contributed by atoms with Crippen molar-refractivity contribution in [3.8, 4) is 0 Å². The molecular weight excluding hydrogens is 446 g/mol. The lowest BCUT2D eigenvalue weighted by atomic mass is 10.2. The Hall–Kier alpha value is -2.97. The number of hydrogen-bond donors (Lipinski definition) is 1. The third-order valence-corrected chi connectivity index (χ3v) is 10.4. The van der Waals surface area contributed by atoms with Crippen molar-refractivity contribution in [1.29, 1.82) is 0 Å². The van der Waals surface area contributed by atoms with Gasteiger partial charge in [0.05, 0.1) is 6.61 Å². The first-order valence-electron chi connectivity index (χ1n) is 11.5. The molecule has 2 aromatic carbocycles. The SMILES string of the molecule is Cc1noc([C@@H](CO[Si](c2ccccc2)(c2ccccc2)C(C)(C)C)NC(=O)OC(C)(C)C)n1. The Morgan fingerprint density at radius 2 is 1.50 bits per heavy atom. The molecule has 1 heterocycles. The van der Waals surface area contributed by atoms with Gasteiger partial charge in [0.1, 0.15) is 11.6 Å². The molecule has 8 heteroatoms. The van der Waals surface area contributed by atoms with E-state index >= 15 is 0 Å². The van der Waals surface area contributed by atoms with Crippen molar-refractivity contribution in [2.75, 3.05) is 6.61 Å². The Morgan fingerprint density at radius 3 is 1.91 bits per heavy atom. The van der Waals surface area contributed by atoms with Crippen LogP contribution in [0.25, 0.3) is 0 Å². The van der Waals surface area contributed by atoms with E-state index < -0.39 is 26.1 Å². The third-order valence-electron chi connectivity index (χ3n) is 5.42. The summed E-state index contributed by atoms with van der Waals surface area (Å²) in [7, 11) is -2.82. The molecule has 0 aliphatic carbocycles. The molecule has 7 nitrogen and oxygen atoms in total. The van der Waals surface area contributed by atoms with Crippen LogP contribution in [0.4, 0.5) is 4.79 Å². The van der Waals surface area contributed by atoms with Gasteiger partial charge in [0, 0.05) is 0 Å². The largest absolute Gasteiger partial charge is 0.444 e. The smallest absolute Gasteiger partial charge is 0.408 e. The quantitative estimate of drug-likeness (QED) is 0.499. The molecule has 0 unspecified atom stereocenters. The van der Waals surface area contributed by atoms with Gasteiger partial charge in [-0.3, -0.25) is 0 Å². The molecule has 182 valence electrons. The monoisotopic (exact) mass is 481 g/mol. The fourth-order valence-electron chi connectivity index (χ4n) is 4.05. The van der Waals surface area contributed by atoms with E-state index in [9.17, 15) is 4.79 Å². The fraction of sp³-hybridized carbons (Fsp3) is 0.423. The molecule has 0 spiro atoms. The number of ether oxygens (including phenoxy) is 1. The minimum absolute atomic E-state index is 0.147. The molecule has 0 bridgehead atoms. The number of nitrogens with one attached hydrogen (secondary N) is 1. The maximum absolute atomic E-state index is 12.6. The zero-order valence-corrected chi connectivity index (χ0v) is 22.1. The number of alkyl carbamates (subject to hydrolysis) is 1. The lowest BCUT2D eigenvalue weighted by Crippen LogP contribution is -2.67. The van der Waals surface area contributed by atoms with E-state index in [-0.39, 0.29) is 17.5 Å². The lowest BCUT2D eigenvalue weighted by Gasteiger charge is -2.43. The zero-order chi connectivity index (χ0) is 25.0. The second kappa shape index (κ2) is 10.1. The summed E-state index contributed by atoms with van der Waals surface area (Å²) >= 11 is 0. The maximum Gasteiger partial charge on any atom is 0.408 e. The number of carbonyl (C=O) groups is 1. The molecule has 1 amide bonds. The Labute approximate surface area is 203 Å². The normalized spacial score (nSPS) is 13.4. The molecule has 0 aliphatic rings. The van der Waals surface area contributed by atoms with Crippen molar-refractivity contribution in [3.63, 3.8) is 0 Å². The van der Waals surface area contributed by atoms with Gasteiger partial charge in [-0.25, -0.2) is 4.79 Å². The molecule has 0 saturated carbocycles. The van der Waals surface area contributed by atoms with Crippen LogP contribution < -0.4 is 15.7 Å². The van der Waals surface area contributed by atoms with Gasteiger partial charge in [0.25, 0.3) is 14.2 Å². The Balaban J connectivity index is 2.02. The van der Waals surface area contributed by atoms with Crippen molar-refractivity contribution < 1.29 is 18.5 Å². The van der Waals surface area contributed by atoms with Crippen LogP contribution in [0.5, 0.6) is 0 Å². The number of aromatic nitrogens is 2. The van der Waals surface area contributed by atoms with Gasteiger partial charge in [-0.2, -0.15) is 4.98 Å². The lowest BCUT2D eigenvalue weighted by molar-refractivity contribution is 0.0471. The molecule has 1 atom stereocenters. The molecule has 0 fully saturated rings. The van der Waals surface area contributed by atoms with E-state index in [2.05, 4.69) is 60.5 Å². The first kappa shape index (κ1) is 25.6. The molecular formula is C26H35N3O4Si. The van der Waals surface area contributed by atoms with Gasteiger partial charge in [-0.15, -0.1) is 0 Å². The van der Waals surface area contributed by atoms with E-state index in [4.69, 9.17) is 13.7 Å². The molecule has 1 N–H and O–H groups in total. The van der Waals surface area contributed by atoms with Crippen LogP contribution in [0.2, 0.25) is 5.04 Å². The molecule has 34 heavy (non-hydrogen) atoms. The number of rotatable bonds is 7. The van der Waals surface area contributed by atoms with Gasteiger partial charge in [-0.1, -0.05) is 86.6 Å². The number of hydrogen-bond acceptors (Lipinski definition) is 6. The highest BCUT2D eigenvalue weighted by atomic mass is 28.4. The van der Waals surface area contributed by atoms with E-state index in [1.165, 1.54) is 0 Å². The van der Waals surface area contributed by atoms with E-state index in [0.29, 0.717) is 5.82 Å². The first-order chi connectivity index (χ1) is 15.9. The van der Waals surface area contributed by atoms with Gasteiger partial charge in [0.15, 0.2) is 5.82 Å². The second-order valence-corrected chi connectivity index (χ2v) is 14.7. The summed E-state index contributed by atoms with van der Waals surface area (Å²) in [6, 6.07) is 20.0. The van der Waals surface area contributed by atoms with Crippen LogP contribution in [0.15, 0.2) is 65.2 Å². The highest BCUT2D eigenvalue weighted by molar-refractivity contribution is 6.99. The van der Waals surface area contributed by atoms with Crippen molar-refractivity contribution in [2.45, 2.75) is 65.1 Å². The minimum Gasteiger partial charge on any atom is -0.444 e. The second-order valence-electron chi connectivity index (χ2n) is 10.4. The predicted octanol–water partition coefficient (Wildman–Crippen LogP) is 4.52. The summed E-state index contributed by atoms with van der Waals surface area (Å²) in [5.41, 5.74) is -0.641. The van der Waals surface area contributed by atoms with Crippen molar-refractivity contribution in [1.82, 2.24) is 15.5 Å². The standard InChI is InChI=1S/C26H35N3O4Si/c1-19-27-23(33-29-19)22(28-24(30)32-25(2,3)4)18-31-34(26(5,6)7,20-14-10-8-11-15-20)21-16-12-9-13-17-21/h8-17,22H,18H2,1-7H3,(H,28,30)/t22-/m1/s1. The summed E-state index contributed by atoms with van der Waals surface area (Å²) in [5, 5.41) is 8.85. The van der Waals surface area contributed by atoms with Gasteiger partial charge in [-0.05, 0) is 43.1 Å². The summed E-state index contributed by atoms with van der Waals surface area (Å²) in [6.07, 6.45) is -0.570. The van der Waals surface area contributed by atoms with Crippen LogP contribution in [0, 0.1) is 6.92 Å². The number of carbonyl (C=O) groups excluding carboxylic acids is 1. The van der Waals surface area contributed by atoms with Crippen molar-refractivity contribution in [3.05, 3.63) is 72.4 Å². The van der Waals surface area contributed by atoms with Crippen molar-refractivity contribution >= 4 is 24.8 Å². The molecule has 0 saturated heterocycles. The summed E-state index contributed by atoms with van der Waals surface area (Å²) in [5.74, 6) is 0.762. The Morgan fingerprint density at radius 1 is 0.971 bits per heavy atom. The Bertz CT molecular complexity index is 1030. The van der Waals surface area contributed by atoms with Crippen molar-refractivity contribution in [2.24, 2.45) is 0 Å². The topological polar surface area (TPSA) is 86.5 Å². The molecule has 3 aromatic rings. The molecule has 3 rings (SSSR count). The Kier molecular flexibility index (Phi) is 7.63. The summed E-state index contributed by atoms with van der Waals surface area (Å²) < 4.78 is 17.9. The van der Waals surface area contributed by atoms with Crippen LogP contribution in [0.1, 0.15) is 59.3 Å². The van der Waals surface area contributed by atoms with Crippen LogP contribution in [-0.4, -0.2) is 36.8 Å². The minimum atomic E-state index is -2.82. The fourth-order valence-corrected chi connectivity index (χ4v) is 8.62. The molecule has 0 radical (unpaired) electrons. The number of nitrogens with zero attached hydrogens (tertiary/aromatic N) is 2. The average molecular weight is 482 g/mol. The van der Waals surface area contributed by atoms with E-state index in [1.807, 2.05) is 57.2 Å². The third kappa shape index (κ3) is 5.93. The zero-order valence-electron chi connectivity index (χ0n) is 21.1. The van der Waals surface area contributed by atoms with E-state index in [1.54, 1.807) is 6.92 Å². The van der Waals surface area contributed by atoms with Gasteiger partial charge < -0.3 is 19.0 Å². The first-order valence-corrected chi connectivity index (χ1v) is 13.4. The highest BCUT2D eigenvalue weighted by Gasteiger charge is 2.50. The van der Waals surface area contributed by atoms with Gasteiger partial charge in [0.2, 0.25) is 0 Å². The average Bonchev–Trinajstić information content (AvgIpc) is 3.19. The summed E-state index contributed by atoms with van der Waals surface area (Å²) in [6.45, 7) is 13.9. The highest BCUT2D eigenvalue weighted by Crippen LogP contribution is 2.37. The molecule has 0 aliphatic heterocycles. The van der Waals surface area contributed by atoms with E-state index in [0.717, 1.165) is 10.4 Å². The number of aryl methyl sites for hydroxylation is 1.